The Bertz CT molecular complexity index is 367. The van der Waals surface area contributed by atoms with E-state index in [1.165, 1.54) is 25.5 Å². The highest BCUT2D eigenvalue weighted by atomic mass is 16.1. The number of pyridine rings is 1. The minimum atomic E-state index is 0.0152. The summed E-state index contributed by atoms with van der Waals surface area (Å²) in [6.45, 7) is 8.27. The molecule has 0 radical (unpaired) electrons. The first kappa shape index (κ1) is 16.6. The number of aromatic amines is 1. The summed E-state index contributed by atoms with van der Waals surface area (Å²) in [5.74, 6) is 0.577. The molecule has 0 amide bonds. The summed E-state index contributed by atoms with van der Waals surface area (Å²) in [5, 5.41) is 0. The predicted molar refractivity (Wildman–Crippen MR) is 77.9 cm³/mol. The fraction of sp³-hybridized carbons (Fsp3) is 0.500. The summed E-state index contributed by atoms with van der Waals surface area (Å²) in [4.78, 5) is 16.1. The molecule has 1 aromatic heterocycles. The van der Waals surface area contributed by atoms with E-state index in [9.17, 15) is 4.79 Å². The number of hydrogen-bond acceptors (Lipinski definition) is 3. The zero-order valence-corrected chi connectivity index (χ0v) is 11.5. The van der Waals surface area contributed by atoms with E-state index in [0.717, 1.165) is 13.1 Å². The van der Waals surface area contributed by atoms with Crippen molar-refractivity contribution in [3.8, 4) is 0 Å². The molecule has 0 atom stereocenters. The van der Waals surface area contributed by atoms with Crippen LogP contribution < -0.4 is 11.3 Å². The fourth-order valence-electron chi connectivity index (χ4n) is 2.06. The Morgan fingerprint density at radius 2 is 1.89 bits per heavy atom. The largest absolute Gasteiger partial charge is 0.333 e. The van der Waals surface area contributed by atoms with Crippen LogP contribution in [0.15, 0.2) is 36.3 Å². The summed E-state index contributed by atoms with van der Waals surface area (Å²) in [5.41, 5.74) is 5.71. The van der Waals surface area contributed by atoms with Crippen molar-refractivity contribution in [1.82, 2.24) is 9.88 Å². The van der Waals surface area contributed by atoms with E-state index in [1.807, 2.05) is 6.07 Å². The number of likely N-dealkylation sites (tertiary alicyclic amines) is 1. The van der Waals surface area contributed by atoms with Gasteiger partial charge in [-0.3, -0.25) is 4.79 Å². The Balaban J connectivity index is 0.000000659. The Hall–Kier alpha value is -1.39. The van der Waals surface area contributed by atoms with Crippen LogP contribution in [0.4, 0.5) is 0 Å². The zero-order valence-electron chi connectivity index (χ0n) is 11.5. The number of piperidine rings is 1. The highest BCUT2D eigenvalue weighted by Gasteiger charge is 2.18. The molecule has 1 aliphatic heterocycles. The summed E-state index contributed by atoms with van der Waals surface area (Å²) >= 11 is 0. The summed E-state index contributed by atoms with van der Waals surface area (Å²) < 4.78 is 0. The van der Waals surface area contributed by atoms with Gasteiger partial charge in [-0.2, -0.15) is 0 Å². The summed E-state index contributed by atoms with van der Waals surface area (Å²) in [6, 6.07) is 3.76. The molecule has 0 unspecified atom stereocenters. The van der Waals surface area contributed by atoms with Crippen LogP contribution >= 0.6 is 0 Å². The van der Waals surface area contributed by atoms with Crippen molar-refractivity contribution < 1.29 is 0 Å². The summed E-state index contributed by atoms with van der Waals surface area (Å²) in [7, 11) is 3.65. The molecule has 0 aliphatic carbocycles. The van der Waals surface area contributed by atoms with Gasteiger partial charge in [-0.15, -0.1) is 13.2 Å². The van der Waals surface area contributed by atoms with Crippen LogP contribution in [0.3, 0.4) is 0 Å². The number of nitrogens with one attached hydrogen (secondary N) is 1. The van der Waals surface area contributed by atoms with Gasteiger partial charge in [0.05, 0.1) is 0 Å². The first-order chi connectivity index (χ1) is 8.75. The van der Waals surface area contributed by atoms with Gasteiger partial charge in [0.15, 0.2) is 0 Å². The van der Waals surface area contributed by atoms with Crippen molar-refractivity contribution in [2.45, 2.75) is 18.8 Å². The van der Waals surface area contributed by atoms with Crippen LogP contribution in [0, 0.1) is 0 Å². The molecule has 1 aromatic rings. The second-order valence-electron chi connectivity index (χ2n) is 4.06. The molecule has 102 valence electrons. The standard InChI is InChI=1S/C11H16N2O.C2H4.CH5N/c1-13-6-3-9(4-7-13)10-2-5-12-11(14)8-10;2*1-2/h2,5,8-9H,3-4,6-7H2,1H3,(H,12,14);1-2H2;2H2,1H3. The predicted octanol–water partition coefficient (Wildman–Crippen LogP) is 1.56. The lowest BCUT2D eigenvalue weighted by Gasteiger charge is -2.28. The van der Waals surface area contributed by atoms with Crippen LogP contribution in [0.2, 0.25) is 0 Å². The molecule has 0 bridgehead atoms. The van der Waals surface area contributed by atoms with E-state index >= 15 is 0 Å². The minimum absolute atomic E-state index is 0.0152. The van der Waals surface area contributed by atoms with Gasteiger partial charge in [-0.1, -0.05) is 0 Å². The molecule has 2 rings (SSSR count). The van der Waals surface area contributed by atoms with E-state index in [4.69, 9.17) is 0 Å². The molecule has 1 aliphatic rings. The molecule has 0 saturated carbocycles. The van der Waals surface area contributed by atoms with E-state index in [-0.39, 0.29) is 5.56 Å². The van der Waals surface area contributed by atoms with Crippen molar-refractivity contribution >= 4 is 0 Å². The number of aromatic nitrogens is 1. The Labute approximate surface area is 110 Å². The summed E-state index contributed by atoms with van der Waals surface area (Å²) in [6.07, 6.45) is 4.08. The highest BCUT2D eigenvalue weighted by Crippen LogP contribution is 2.25. The molecule has 2 heterocycles. The van der Waals surface area contributed by atoms with Gasteiger partial charge in [0.1, 0.15) is 0 Å². The van der Waals surface area contributed by atoms with E-state index in [2.05, 4.69) is 35.8 Å². The lowest BCUT2D eigenvalue weighted by atomic mass is 9.90. The van der Waals surface area contributed by atoms with Gasteiger partial charge in [-0.05, 0) is 57.6 Å². The molecule has 18 heavy (non-hydrogen) atoms. The third kappa shape index (κ3) is 5.29. The number of hydrogen-bond donors (Lipinski definition) is 2. The van der Waals surface area contributed by atoms with Crippen LogP contribution in [0.25, 0.3) is 0 Å². The second-order valence-corrected chi connectivity index (χ2v) is 4.06. The van der Waals surface area contributed by atoms with E-state index in [1.54, 1.807) is 12.3 Å². The zero-order chi connectivity index (χ0) is 14.0. The molecule has 3 N–H and O–H groups in total. The average Bonchev–Trinajstić information content (AvgIpc) is 2.44. The van der Waals surface area contributed by atoms with Crippen LogP contribution in [0.5, 0.6) is 0 Å². The number of H-pyrrole nitrogens is 1. The van der Waals surface area contributed by atoms with Crippen molar-refractivity contribution in [2.24, 2.45) is 5.73 Å². The third-order valence-electron chi connectivity index (χ3n) is 2.99. The maximum absolute atomic E-state index is 11.1. The minimum Gasteiger partial charge on any atom is -0.333 e. The van der Waals surface area contributed by atoms with Gasteiger partial charge in [0, 0.05) is 12.3 Å². The number of rotatable bonds is 1. The topological polar surface area (TPSA) is 62.1 Å². The number of nitrogens with zero attached hydrogens (tertiary/aromatic N) is 1. The van der Waals surface area contributed by atoms with Crippen molar-refractivity contribution in [3.05, 3.63) is 47.4 Å². The molecule has 4 heteroatoms. The molecular formula is C14H25N3O. The second kappa shape index (κ2) is 9.62. The molecule has 4 nitrogen and oxygen atoms in total. The van der Waals surface area contributed by atoms with E-state index in [0.29, 0.717) is 5.92 Å². The molecule has 0 spiro atoms. The van der Waals surface area contributed by atoms with E-state index < -0.39 is 0 Å². The van der Waals surface area contributed by atoms with Crippen molar-refractivity contribution in [1.29, 1.82) is 0 Å². The smallest absolute Gasteiger partial charge is 0.248 e. The Kier molecular flexibility index (Phi) is 8.88. The molecule has 0 aromatic carbocycles. The Morgan fingerprint density at radius 3 is 2.39 bits per heavy atom. The quantitative estimate of drug-likeness (QED) is 0.745. The van der Waals surface area contributed by atoms with Gasteiger partial charge >= 0.3 is 0 Å². The molecular weight excluding hydrogens is 226 g/mol. The van der Waals surface area contributed by atoms with Gasteiger partial charge in [0.2, 0.25) is 5.56 Å². The molecule has 1 saturated heterocycles. The van der Waals surface area contributed by atoms with Crippen LogP contribution in [0.1, 0.15) is 24.3 Å². The maximum atomic E-state index is 11.1. The fourth-order valence-corrected chi connectivity index (χ4v) is 2.06. The van der Waals surface area contributed by atoms with Crippen molar-refractivity contribution in [3.63, 3.8) is 0 Å². The first-order valence-corrected chi connectivity index (χ1v) is 6.20. The monoisotopic (exact) mass is 251 g/mol. The van der Waals surface area contributed by atoms with Gasteiger partial charge in [-0.25, -0.2) is 0 Å². The van der Waals surface area contributed by atoms with Gasteiger partial charge in [0.25, 0.3) is 0 Å². The first-order valence-electron chi connectivity index (χ1n) is 6.20. The lowest BCUT2D eigenvalue weighted by Crippen LogP contribution is -2.29. The Morgan fingerprint density at radius 1 is 1.33 bits per heavy atom. The van der Waals surface area contributed by atoms with Crippen LogP contribution in [-0.2, 0) is 0 Å². The lowest BCUT2D eigenvalue weighted by molar-refractivity contribution is 0.255. The third-order valence-corrected chi connectivity index (χ3v) is 2.99. The molecule has 1 fully saturated rings. The van der Waals surface area contributed by atoms with Crippen LogP contribution in [-0.4, -0.2) is 37.1 Å². The normalized spacial score (nSPS) is 15.9. The maximum Gasteiger partial charge on any atom is 0.248 e. The highest BCUT2D eigenvalue weighted by molar-refractivity contribution is 5.16. The average molecular weight is 251 g/mol. The SMILES string of the molecule is C=C.CN.CN1CCC(c2cc[nH]c(=O)c2)CC1. The van der Waals surface area contributed by atoms with Gasteiger partial charge < -0.3 is 15.6 Å². The number of nitrogens with two attached hydrogens (primary N) is 1. The van der Waals surface area contributed by atoms with Crippen molar-refractivity contribution in [2.75, 3.05) is 27.2 Å².